The Kier molecular flexibility index (Phi) is 3.40. The van der Waals surface area contributed by atoms with Gasteiger partial charge < -0.3 is 9.47 Å². The summed E-state index contributed by atoms with van der Waals surface area (Å²) in [5.74, 6) is 0.650. The molecular formula is C15H17FO3. The van der Waals surface area contributed by atoms with Gasteiger partial charge in [0, 0.05) is 12.0 Å². The van der Waals surface area contributed by atoms with Crippen molar-refractivity contribution in [3.05, 3.63) is 29.1 Å². The Morgan fingerprint density at radius 2 is 2.26 bits per heavy atom. The molecule has 1 aliphatic heterocycles. The highest BCUT2D eigenvalue weighted by atomic mass is 19.1. The molecule has 1 fully saturated rings. The lowest BCUT2D eigenvalue weighted by molar-refractivity contribution is -0.145. The highest BCUT2D eigenvalue weighted by Crippen LogP contribution is 2.31. The van der Waals surface area contributed by atoms with Crippen LogP contribution >= 0.6 is 0 Å². The van der Waals surface area contributed by atoms with E-state index in [1.54, 1.807) is 6.07 Å². The van der Waals surface area contributed by atoms with E-state index >= 15 is 0 Å². The predicted octanol–water partition coefficient (Wildman–Crippen LogP) is 2.65. The normalized spacial score (nSPS) is 16.9. The Bertz CT molecular complexity index is 494. The van der Waals surface area contributed by atoms with Crippen molar-refractivity contribution in [1.29, 1.82) is 0 Å². The van der Waals surface area contributed by atoms with Gasteiger partial charge >= 0.3 is 5.97 Å². The standard InChI is InChI=1S/C15H17FO3/c16-13-5-6-14-12(7-9-18-14)11(13)2-1-8-19-15(17)10-3-4-10/h5-6,10H,1-4,7-9H2. The van der Waals surface area contributed by atoms with Gasteiger partial charge in [-0.05, 0) is 43.4 Å². The lowest BCUT2D eigenvalue weighted by Crippen LogP contribution is -2.09. The number of ether oxygens (including phenoxy) is 2. The minimum Gasteiger partial charge on any atom is -0.493 e. The number of halogens is 1. The molecule has 0 bridgehead atoms. The summed E-state index contributed by atoms with van der Waals surface area (Å²) in [6, 6.07) is 3.14. The van der Waals surface area contributed by atoms with Gasteiger partial charge in [-0.1, -0.05) is 0 Å². The fourth-order valence-electron chi connectivity index (χ4n) is 2.44. The van der Waals surface area contributed by atoms with Crippen LogP contribution in [0.3, 0.4) is 0 Å². The van der Waals surface area contributed by atoms with E-state index in [2.05, 4.69) is 0 Å². The van der Waals surface area contributed by atoms with Gasteiger partial charge in [0.05, 0.1) is 19.1 Å². The largest absolute Gasteiger partial charge is 0.493 e. The van der Waals surface area contributed by atoms with Crippen molar-refractivity contribution in [1.82, 2.24) is 0 Å². The lowest BCUT2D eigenvalue weighted by Gasteiger charge is -2.09. The number of carbonyl (C=O) groups excluding carboxylic acids is 1. The van der Waals surface area contributed by atoms with E-state index in [-0.39, 0.29) is 17.7 Å². The van der Waals surface area contributed by atoms with Gasteiger partial charge in [0.2, 0.25) is 0 Å². The quantitative estimate of drug-likeness (QED) is 0.606. The van der Waals surface area contributed by atoms with Gasteiger partial charge in [0.1, 0.15) is 11.6 Å². The summed E-state index contributed by atoms with van der Waals surface area (Å²) < 4.78 is 24.4. The van der Waals surface area contributed by atoms with E-state index in [0.29, 0.717) is 26.1 Å². The summed E-state index contributed by atoms with van der Waals surface area (Å²) in [5, 5.41) is 0. The molecule has 0 amide bonds. The van der Waals surface area contributed by atoms with E-state index < -0.39 is 0 Å². The van der Waals surface area contributed by atoms with Crippen molar-refractivity contribution < 1.29 is 18.7 Å². The van der Waals surface area contributed by atoms with Gasteiger partial charge in [-0.2, -0.15) is 0 Å². The van der Waals surface area contributed by atoms with Gasteiger partial charge in [-0.25, -0.2) is 4.39 Å². The number of esters is 1. The zero-order valence-electron chi connectivity index (χ0n) is 10.8. The first-order valence-corrected chi connectivity index (χ1v) is 6.85. The van der Waals surface area contributed by atoms with Crippen LogP contribution in [0.5, 0.6) is 5.75 Å². The van der Waals surface area contributed by atoms with Gasteiger partial charge in [0.15, 0.2) is 0 Å². The molecule has 0 unspecified atom stereocenters. The molecule has 1 aliphatic carbocycles. The van der Waals surface area contributed by atoms with Crippen LogP contribution in [0.15, 0.2) is 12.1 Å². The molecular weight excluding hydrogens is 247 g/mol. The van der Waals surface area contributed by atoms with Crippen LogP contribution in [0.4, 0.5) is 4.39 Å². The van der Waals surface area contributed by atoms with Crippen LogP contribution in [0.2, 0.25) is 0 Å². The molecule has 102 valence electrons. The first-order chi connectivity index (χ1) is 9.25. The molecule has 1 saturated carbocycles. The Labute approximate surface area is 111 Å². The van der Waals surface area contributed by atoms with Crippen molar-refractivity contribution in [2.75, 3.05) is 13.2 Å². The highest BCUT2D eigenvalue weighted by molar-refractivity contribution is 5.74. The zero-order valence-corrected chi connectivity index (χ0v) is 10.8. The SMILES string of the molecule is O=C(OCCCc1c(F)ccc2c1CCO2)C1CC1. The summed E-state index contributed by atoms with van der Waals surface area (Å²) in [4.78, 5) is 11.4. The molecule has 4 heteroatoms. The number of benzene rings is 1. The summed E-state index contributed by atoms with van der Waals surface area (Å²) in [5.41, 5.74) is 1.70. The summed E-state index contributed by atoms with van der Waals surface area (Å²) in [7, 11) is 0. The lowest BCUT2D eigenvalue weighted by atomic mass is 10.0. The molecule has 0 N–H and O–H groups in total. The number of hydrogen-bond acceptors (Lipinski definition) is 3. The smallest absolute Gasteiger partial charge is 0.308 e. The van der Waals surface area contributed by atoms with E-state index in [0.717, 1.165) is 36.1 Å². The molecule has 1 aromatic carbocycles. The molecule has 3 rings (SSSR count). The van der Waals surface area contributed by atoms with Crippen LogP contribution in [0, 0.1) is 11.7 Å². The predicted molar refractivity (Wildman–Crippen MR) is 67.6 cm³/mol. The molecule has 0 saturated heterocycles. The average Bonchev–Trinajstić information content (AvgIpc) is 3.15. The number of rotatable bonds is 5. The monoisotopic (exact) mass is 264 g/mol. The minimum absolute atomic E-state index is 0.0953. The maximum absolute atomic E-state index is 13.8. The second-order valence-corrected chi connectivity index (χ2v) is 5.15. The van der Waals surface area contributed by atoms with Crippen molar-refractivity contribution in [2.45, 2.75) is 32.1 Å². The summed E-state index contributed by atoms with van der Waals surface area (Å²) in [6.45, 7) is 1.00. The summed E-state index contributed by atoms with van der Waals surface area (Å²) >= 11 is 0. The molecule has 19 heavy (non-hydrogen) atoms. The van der Waals surface area contributed by atoms with Gasteiger partial charge in [-0.3, -0.25) is 4.79 Å². The van der Waals surface area contributed by atoms with E-state index in [4.69, 9.17) is 9.47 Å². The van der Waals surface area contributed by atoms with Crippen LogP contribution in [-0.4, -0.2) is 19.2 Å². The second kappa shape index (κ2) is 5.19. The molecule has 1 aromatic rings. The topological polar surface area (TPSA) is 35.5 Å². The Morgan fingerprint density at radius 3 is 3.05 bits per heavy atom. The number of hydrogen-bond donors (Lipinski definition) is 0. The third kappa shape index (κ3) is 2.72. The maximum atomic E-state index is 13.8. The Hall–Kier alpha value is -1.58. The Morgan fingerprint density at radius 1 is 1.42 bits per heavy atom. The molecule has 0 aromatic heterocycles. The highest BCUT2D eigenvalue weighted by Gasteiger charge is 2.31. The maximum Gasteiger partial charge on any atom is 0.308 e. The number of fused-ring (bicyclic) bond motifs is 1. The Balaban J connectivity index is 1.55. The fourth-order valence-corrected chi connectivity index (χ4v) is 2.44. The molecule has 0 spiro atoms. The molecule has 2 aliphatic rings. The summed E-state index contributed by atoms with van der Waals surface area (Å²) in [6.07, 6.45) is 3.93. The van der Waals surface area contributed by atoms with Crippen molar-refractivity contribution in [3.8, 4) is 5.75 Å². The molecule has 1 heterocycles. The van der Waals surface area contributed by atoms with E-state index in [1.165, 1.54) is 6.07 Å². The van der Waals surface area contributed by atoms with Crippen molar-refractivity contribution in [2.24, 2.45) is 5.92 Å². The second-order valence-electron chi connectivity index (χ2n) is 5.15. The third-order valence-corrected chi connectivity index (χ3v) is 3.67. The minimum atomic E-state index is -0.183. The first kappa shape index (κ1) is 12.5. The molecule has 0 atom stereocenters. The fraction of sp³-hybridized carbons (Fsp3) is 0.533. The molecule has 3 nitrogen and oxygen atoms in total. The van der Waals surface area contributed by atoms with Crippen LogP contribution in [0.25, 0.3) is 0 Å². The van der Waals surface area contributed by atoms with Crippen molar-refractivity contribution in [3.63, 3.8) is 0 Å². The van der Waals surface area contributed by atoms with E-state index in [1.807, 2.05) is 0 Å². The van der Waals surface area contributed by atoms with Crippen LogP contribution < -0.4 is 4.74 Å². The van der Waals surface area contributed by atoms with E-state index in [9.17, 15) is 9.18 Å². The third-order valence-electron chi connectivity index (χ3n) is 3.67. The van der Waals surface area contributed by atoms with Gasteiger partial charge in [-0.15, -0.1) is 0 Å². The molecule has 0 radical (unpaired) electrons. The zero-order chi connectivity index (χ0) is 13.2. The van der Waals surface area contributed by atoms with Gasteiger partial charge in [0.25, 0.3) is 0 Å². The van der Waals surface area contributed by atoms with Crippen molar-refractivity contribution >= 4 is 5.97 Å². The average molecular weight is 264 g/mol. The first-order valence-electron chi connectivity index (χ1n) is 6.85. The van der Waals surface area contributed by atoms with Crippen LogP contribution in [-0.2, 0) is 22.4 Å². The van der Waals surface area contributed by atoms with Crippen LogP contribution in [0.1, 0.15) is 30.4 Å². The number of carbonyl (C=O) groups is 1.